The lowest BCUT2D eigenvalue weighted by Crippen LogP contribution is -1.98. The highest BCUT2D eigenvalue weighted by Crippen LogP contribution is 2.24. The first-order valence-corrected chi connectivity index (χ1v) is 4.88. The van der Waals surface area contributed by atoms with Gasteiger partial charge in [-0.2, -0.15) is 5.26 Å². The SMILES string of the molecule is COc1ccc(C(O)CCC#N)cc1C. The quantitative estimate of drug-likeness (QED) is 0.820. The van der Waals surface area contributed by atoms with Gasteiger partial charge in [0.15, 0.2) is 0 Å². The molecule has 0 aliphatic carbocycles. The molecule has 0 amide bonds. The zero-order chi connectivity index (χ0) is 11.3. The number of aliphatic hydroxyl groups excluding tert-OH is 1. The number of benzene rings is 1. The van der Waals surface area contributed by atoms with E-state index < -0.39 is 6.10 Å². The van der Waals surface area contributed by atoms with Gasteiger partial charge in [0.05, 0.1) is 19.3 Å². The molecule has 0 aliphatic rings. The molecular weight excluding hydrogens is 190 g/mol. The lowest BCUT2D eigenvalue weighted by Gasteiger charge is -2.11. The van der Waals surface area contributed by atoms with Gasteiger partial charge in [-0.15, -0.1) is 0 Å². The Morgan fingerprint density at radius 2 is 2.27 bits per heavy atom. The molecule has 0 saturated carbocycles. The maximum atomic E-state index is 9.75. The van der Waals surface area contributed by atoms with Crippen molar-refractivity contribution in [2.75, 3.05) is 7.11 Å². The summed E-state index contributed by atoms with van der Waals surface area (Å²) in [6, 6.07) is 7.57. The number of aryl methyl sites for hydroxylation is 1. The molecule has 3 heteroatoms. The van der Waals surface area contributed by atoms with Crippen LogP contribution in [0.5, 0.6) is 5.75 Å². The Morgan fingerprint density at radius 1 is 1.53 bits per heavy atom. The molecule has 0 fully saturated rings. The Labute approximate surface area is 89.9 Å². The van der Waals surface area contributed by atoms with Crippen LogP contribution < -0.4 is 4.74 Å². The van der Waals surface area contributed by atoms with E-state index in [1.54, 1.807) is 7.11 Å². The van der Waals surface area contributed by atoms with Gasteiger partial charge in [-0.05, 0) is 36.6 Å². The molecule has 1 aromatic rings. The summed E-state index contributed by atoms with van der Waals surface area (Å²) in [5.41, 5.74) is 1.83. The van der Waals surface area contributed by atoms with Crippen molar-refractivity contribution in [2.45, 2.75) is 25.9 Å². The van der Waals surface area contributed by atoms with Gasteiger partial charge in [0.1, 0.15) is 5.75 Å². The number of nitrogens with zero attached hydrogens (tertiary/aromatic N) is 1. The van der Waals surface area contributed by atoms with Crippen molar-refractivity contribution in [3.63, 3.8) is 0 Å². The van der Waals surface area contributed by atoms with E-state index >= 15 is 0 Å². The Morgan fingerprint density at radius 3 is 2.80 bits per heavy atom. The van der Waals surface area contributed by atoms with Gasteiger partial charge in [-0.25, -0.2) is 0 Å². The smallest absolute Gasteiger partial charge is 0.121 e. The van der Waals surface area contributed by atoms with Crippen molar-refractivity contribution in [1.29, 1.82) is 5.26 Å². The summed E-state index contributed by atoms with van der Waals surface area (Å²) < 4.78 is 5.13. The maximum Gasteiger partial charge on any atom is 0.121 e. The third-order valence-electron chi connectivity index (χ3n) is 2.33. The van der Waals surface area contributed by atoms with E-state index in [2.05, 4.69) is 0 Å². The summed E-state index contributed by atoms with van der Waals surface area (Å²) in [6.45, 7) is 1.93. The normalized spacial score (nSPS) is 11.9. The third-order valence-corrected chi connectivity index (χ3v) is 2.33. The van der Waals surface area contributed by atoms with Crippen LogP contribution in [0.15, 0.2) is 18.2 Å². The average Bonchev–Trinajstić information content (AvgIpc) is 2.25. The average molecular weight is 205 g/mol. The molecule has 1 aromatic carbocycles. The van der Waals surface area contributed by atoms with E-state index in [0.717, 1.165) is 16.9 Å². The van der Waals surface area contributed by atoms with Crippen molar-refractivity contribution in [1.82, 2.24) is 0 Å². The molecule has 1 rings (SSSR count). The van der Waals surface area contributed by atoms with Crippen LogP contribution in [-0.4, -0.2) is 12.2 Å². The molecule has 1 unspecified atom stereocenters. The third kappa shape index (κ3) is 2.97. The zero-order valence-corrected chi connectivity index (χ0v) is 9.03. The lowest BCUT2D eigenvalue weighted by atomic mass is 10.0. The van der Waals surface area contributed by atoms with Crippen LogP contribution >= 0.6 is 0 Å². The Hall–Kier alpha value is -1.53. The first-order valence-electron chi connectivity index (χ1n) is 4.88. The molecular formula is C12H15NO2. The van der Waals surface area contributed by atoms with E-state index in [-0.39, 0.29) is 0 Å². The summed E-state index contributed by atoms with van der Waals surface area (Å²) in [4.78, 5) is 0. The first kappa shape index (κ1) is 11.5. The number of rotatable bonds is 4. The maximum absolute atomic E-state index is 9.75. The van der Waals surface area contributed by atoms with Gasteiger partial charge in [0.2, 0.25) is 0 Å². The van der Waals surface area contributed by atoms with E-state index in [1.807, 2.05) is 31.2 Å². The highest BCUT2D eigenvalue weighted by molar-refractivity contribution is 5.36. The summed E-state index contributed by atoms with van der Waals surface area (Å²) in [5.74, 6) is 0.811. The second-order valence-electron chi connectivity index (χ2n) is 3.44. The van der Waals surface area contributed by atoms with Crippen LogP contribution in [0.1, 0.15) is 30.1 Å². The molecule has 1 atom stereocenters. The van der Waals surface area contributed by atoms with Crippen molar-refractivity contribution in [3.05, 3.63) is 29.3 Å². The number of hydrogen-bond donors (Lipinski definition) is 1. The summed E-state index contributed by atoms with van der Waals surface area (Å²) in [6.07, 6.45) is 0.281. The molecule has 0 bridgehead atoms. The number of ether oxygens (including phenoxy) is 1. The van der Waals surface area contributed by atoms with Gasteiger partial charge in [0, 0.05) is 6.42 Å². The van der Waals surface area contributed by atoms with E-state index in [9.17, 15) is 5.11 Å². The lowest BCUT2D eigenvalue weighted by molar-refractivity contribution is 0.169. The molecule has 15 heavy (non-hydrogen) atoms. The predicted molar refractivity (Wildman–Crippen MR) is 57.5 cm³/mol. The first-order chi connectivity index (χ1) is 7.19. The second-order valence-corrected chi connectivity index (χ2v) is 3.44. The van der Waals surface area contributed by atoms with E-state index in [4.69, 9.17) is 10.00 Å². The number of nitriles is 1. The summed E-state index contributed by atoms with van der Waals surface area (Å²) >= 11 is 0. The predicted octanol–water partition coefficient (Wildman–Crippen LogP) is 2.34. The standard InChI is InChI=1S/C12H15NO2/c1-9-8-10(5-6-12(9)15-2)11(14)4-3-7-13/h5-6,8,11,14H,3-4H2,1-2H3. The monoisotopic (exact) mass is 205 g/mol. The molecule has 0 aromatic heterocycles. The highest BCUT2D eigenvalue weighted by Gasteiger charge is 2.08. The molecule has 1 N–H and O–H groups in total. The number of hydrogen-bond acceptors (Lipinski definition) is 3. The van der Waals surface area contributed by atoms with E-state index in [0.29, 0.717) is 12.8 Å². The molecule has 0 spiro atoms. The molecule has 3 nitrogen and oxygen atoms in total. The van der Waals surface area contributed by atoms with Crippen molar-refractivity contribution >= 4 is 0 Å². The number of aliphatic hydroxyl groups is 1. The van der Waals surface area contributed by atoms with Crippen molar-refractivity contribution < 1.29 is 9.84 Å². The fraction of sp³-hybridized carbons (Fsp3) is 0.417. The molecule has 0 radical (unpaired) electrons. The van der Waals surface area contributed by atoms with Crippen LogP contribution in [-0.2, 0) is 0 Å². The fourth-order valence-corrected chi connectivity index (χ4v) is 1.48. The van der Waals surface area contributed by atoms with Gasteiger partial charge in [0.25, 0.3) is 0 Å². The van der Waals surface area contributed by atoms with Crippen LogP contribution in [0, 0.1) is 18.3 Å². The second kappa shape index (κ2) is 5.38. The van der Waals surface area contributed by atoms with Crippen LogP contribution in [0.2, 0.25) is 0 Å². The minimum absolute atomic E-state index is 0.367. The van der Waals surface area contributed by atoms with Gasteiger partial charge >= 0.3 is 0 Å². The zero-order valence-electron chi connectivity index (χ0n) is 9.03. The fourth-order valence-electron chi connectivity index (χ4n) is 1.48. The Kier molecular flexibility index (Phi) is 4.14. The molecule has 0 heterocycles. The topological polar surface area (TPSA) is 53.2 Å². The van der Waals surface area contributed by atoms with Gasteiger partial charge in [-0.3, -0.25) is 0 Å². The minimum Gasteiger partial charge on any atom is -0.496 e. The van der Waals surface area contributed by atoms with Crippen LogP contribution in [0.3, 0.4) is 0 Å². The molecule has 0 aliphatic heterocycles. The van der Waals surface area contributed by atoms with Crippen molar-refractivity contribution in [3.8, 4) is 11.8 Å². The van der Waals surface area contributed by atoms with Crippen LogP contribution in [0.4, 0.5) is 0 Å². The van der Waals surface area contributed by atoms with E-state index in [1.165, 1.54) is 0 Å². The van der Waals surface area contributed by atoms with Crippen molar-refractivity contribution in [2.24, 2.45) is 0 Å². The Balaban J connectivity index is 2.79. The number of methoxy groups -OCH3 is 1. The summed E-state index contributed by atoms with van der Waals surface area (Å²) in [7, 11) is 1.62. The molecule has 80 valence electrons. The van der Waals surface area contributed by atoms with Crippen LogP contribution in [0.25, 0.3) is 0 Å². The highest BCUT2D eigenvalue weighted by atomic mass is 16.5. The Bertz CT molecular complexity index is 368. The van der Waals surface area contributed by atoms with Gasteiger partial charge < -0.3 is 9.84 Å². The largest absolute Gasteiger partial charge is 0.496 e. The minimum atomic E-state index is -0.561. The van der Waals surface area contributed by atoms with Gasteiger partial charge in [-0.1, -0.05) is 6.07 Å². The molecule has 0 saturated heterocycles. The summed E-state index contributed by atoms with van der Waals surface area (Å²) in [5, 5.41) is 18.2.